The summed E-state index contributed by atoms with van der Waals surface area (Å²) < 4.78 is 13.7. The van der Waals surface area contributed by atoms with E-state index in [-0.39, 0.29) is 11.9 Å². The zero-order valence-electron chi connectivity index (χ0n) is 10.6. The van der Waals surface area contributed by atoms with Gasteiger partial charge in [-0.2, -0.15) is 0 Å². The fraction of sp³-hybridized carbons (Fsp3) is 0.571. The molecule has 17 heavy (non-hydrogen) atoms. The van der Waals surface area contributed by atoms with E-state index < -0.39 is 0 Å². The number of halogens is 1. The van der Waals surface area contributed by atoms with Crippen molar-refractivity contribution in [2.75, 3.05) is 20.1 Å². The van der Waals surface area contributed by atoms with Crippen molar-refractivity contribution < 1.29 is 4.39 Å². The minimum Gasteiger partial charge on any atom is -0.315 e. The molecule has 1 saturated heterocycles. The lowest BCUT2D eigenvalue weighted by atomic mass is 10.0. The second-order valence-corrected chi connectivity index (χ2v) is 4.86. The Labute approximate surface area is 103 Å². The zero-order chi connectivity index (χ0) is 12.3. The van der Waals surface area contributed by atoms with Crippen molar-refractivity contribution >= 4 is 0 Å². The average molecular weight is 236 g/mol. The van der Waals surface area contributed by atoms with Gasteiger partial charge >= 0.3 is 0 Å². The Morgan fingerprint density at radius 1 is 1.41 bits per heavy atom. The van der Waals surface area contributed by atoms with Crippen molar-refractivity contribution in [3.8, 4) is 0 Å². The predicted octanol–water partition coefficient (Wildman–Crippen LogP) is 2.57. The van der Waals surface area contributed by atoms with Crippen molar-refractivity contribution in [3.05, 3.63) is 35.6 Å². The highest BCUT2D eigenvalue weighted by atomic mass is 19.1. The van der Waals surface area contributed by atoms with Crippen LogP contribution in [0.1, 0.15) is 31.4 Å². The molecule has 1 aromatic carbocycles. The number of likely N-dealkylation sites (N-methyl/N-ethyl adjacent to an activating group) is 1. The summed E-state index contributed by atoms with van der Waals surface area (Å²) in [5, 5.41) is 3.40. The van der Waals surface area contributed by atoms with Gasteiger partial charge in [0.25, 0.3) is 0 Å². The van der Waals surface area contributed by atoms with E-state index in [1.807, 2.05) is 12.1 Å². The molecule has 2 rings (SSSR count). The lowest BCUT2D eigenvalue weighted by Crippen LogP contribution is -2.45. The Morgan fingerprint density at radius 3 is 2.82 bits per heavy atom. The highest BCUT2D eigenvalue weighted by Gasteiger charge is 2.23. The molecule has 0 saturated carbocycles. The van der Waals surface area contributed by atoms with E-state index in [9.17, 15) is 4.39 Å². The van der Waals surface area contributed by atoms with Gasteiger partial charge in [-0.25, -0.2) is 4.39 Å². The molecule has 0 amide bonds. The highest BCUT2D eigenvalue weighted by Crippen LogP contribution is 2.25. The van der Waals surface area contributed by atoms with Gasteiger partial charge in [0.2, 0.25) is 0 Å². The molecule has 0 aliphatic carbocycles. The summed E-state index contributed by atoms with van der Waals surface area (Å²) in [6.45, 7) is 4.20. The fourth-order valence-corrected chi connectivity index (χ4v) is 2.53. The second kappa shape index (κ2) is 5.61. The van der Waals surface area contributed by atoms with Crippen molar-refractivity contribution in [3.63, 3.8) is 0 Å². The minimum absolute atomic E-state index is 0.101. The molecule has 2 atom stereocenters. The van der Waals surface area contributed by atoms with Gasteiger partial charge in [0.1, 0.15) is 5.82 Å². The first kappa shape index (κ1) is 12.5. The van der Waals surface area contributed by atoms with Gasteiger partial charge < -0.3 is 5.32 Å². The molecule has 1 aliphatic heterocycles. The molecule has 1 N–H and O–H groups in total. The fourth-order valence-electron chi connectivity index (χ4n) is 2.53. The van der Waals surface area contributed by atoms with Gasteiger partial charge in [0.05, 0.1) is 0 Å². The highest BCUT2D eigenvalue weighted by molar-refractivity contribution is 5.20. The monoisotopic (exact) mass is 236 g/mol. The molecule has 1 fully saturated rings. The first-order chi connectivity index (χ1) is 8.20. The summed E-state index contributed by atoms with van der Waals surface area (Å²) in [7, 11) is 2.09. The van der Waals surface area contributed by atoms with Gasteiger partial charge in [0, 0.05) is 24.2 Å². The summed E-state index contributed by atoms with van der Waals surface area (Å²) in [5.41, 5.74) is 0.792. The molecule has 1 heterocycles. The molecule has 94 valence electrons. The van der Waals surface area contributed by atoms with Gasteiger partial charge in [-0.05, 0) is 39.4 Å². The predicted molar refractivity (Wildman–Crippen MR) is 68.5 cm³/mol. The van der Waals surface area contributed by atoms with Crippen molar-refractivity contribution in [1.29, 1.82) is 0 Å². The quantitative estimate of drug-likeness (QED) is 0.867. The summed E-state index contributed by atoms with van der Waals surface area (Å²) in [6.07, 6.45) is 2.40. The smallest absolute Gasteiger partial charge is 0.127 e. The molecular formula is C14H21FN2. The first-order valence-electron chi connectivity index (χ1n) is 6.37. The third-order valence-corrected chi connectivity index (χ3v) is 3.81. The van der Waals surface area contributed by atoms with E-state index in [4.69, 9.17) is 0 Å². The van der Waals surface area contributed by atoms with E-state index >= 15 is 0 Å². The molecule has 1 aliphatic rings. The number of hydrogen-bond acceptors (Lipinski definition) is 2. The molecule has 3 heteroatoms. The van der Waals surface area contributed by atoms with Crippen LogP contribution in [0.25, 0.3) is 0 Å². The van der Waals surface area contributed by atoms with Crippen LogP contribution in [0, 0.1) is 5.82 Å². The minimum atomic E-state index is -0.101. The zero-order valence-corrected chi connectivity index (χ0v) is 10.6. The SMILES string of the molecule is CC(c1ccccc1F)N(C)C1CCCNC1. The van der Waals surface area contributed by atoms with Gasteiger partial charge in [-0.15, -0.1) is 0 Å². The standard InChI is InChI=1S/C14H21FN2/c1-11(13-7-3-4-8-14(13)15)17(2)12-6-5-9-16-10-12/h3-4,7-8,11-12,16H,5-6,9-10H2,1-2H3. The van der Waals surface area contributed by atoms with Crippen LogP contribution in [-0.4, -0.2) is 31.1 Å². The molecule has 0 aromatic heterocycles. The third-order valence-electron chi connectivity index (χ3n) is 3.81. The van der Waals surface area contributed by atoms with Crippen LogP contribution in [0.15, 0.2) is 24.3 Å². The normalized spacial score (nSPS) is 22.7. The maximum Gasteiger partial charge on any atom is 0.127 e. The van der Waals surface area contributed by atoms with Crippen LogP contribution < -0.4 is 5.32 Å². The number of nitrogens with zero attached hydrogens (tertiary/aromatic N) is 1. The summed E-state index contributed by atoms with van der Waals surface area (Å²) in [5.74, 6) is -0.101. The molecule has 0 bridgehead atoms. The van der Waals surface area contributed by atoms with Crippen molar-refractivity contribution in [1.82, 2.24) is 10.2 Å². The molecule has 0 radical (unpaired) electrons. The molecule has 2 unspecified atom stereocenters. The summed E-state index contributed by atoms with van der Waals surface area (Å²) >= 11 is 0. The number of benzene rings is 1. The van der Waals surface area contributed by atoms with Gasteiger partial charge in [-0.1, -0.05) is 18.2 Å². The van der Waals surface area contributed by atoms with E-state index in [1.54, 1.807) is 12.1 Å². The number of piperidine rings is 1. The maximum absolute atomic E-state index is 13.7. The maximum atomic E-state index is 13.7. The molecule has 2 nitrogen and oxygen atoms in total. The first-order valence-corrected chi connectivity index (χ1v) is 6.37. The van der Waals surface area contributed by atoms with Crippen LogP contribution in [-0.2, 0) is 0 Å². The van der Waals surface area contributed by atoms with Crippen molar-refractivity contribution in [2.24, 2.45) is 0 Å². The van der Waals surface area contributed by atoms with Crippen molar-refractivity contribution in [2.45, 2.75) is 31.8 Å². The Bertz CT molecular complexity index is 361. The summed E-state index contributed by atoms with van der Waals surface area (Å²) in [4.78, 5) is 2.28. The van der Waals surface area contributed by atoms with Crippen LogP contribution in [0.2, 0.25) is 0 Å². The van der Waals surface area contributed by atoms with E-state index in [2.05, 4.69) is 24.2 Å². The largest absolute Gasteiger partial charge is 0.315 e. The van der Waals surface area contributed by atoms with Crippen LogP contribution in [0.3, 0.4) is 0 Å². The van der Waals surface area contributed by atoms with Crippen LogP contribution in [0.4, 0.5) is 4.39 Å². The topological polar surface area (TPSA) is 15.3 Å². The average Bonchev–Trinajstić information content (AvgIpc) is 2.39. The van der Waals surface area contributed by atoms with E-state index in [0.717, 1.165) is 18.7 Å². The Balaban J connectivity index is 2.08. The number of rotatable bonds is 3. The molecule has 0 spiro atoms. The second-order valence-electron chi connectivity index (χ2n) is 4.86. The Hall–Kier alpha value is -0.930. The van der Waals surface area contributed by atoms with Gasteiger partial charge in [-0.3, -0.25) is 4.90 Å². The van der Waals surface area contributed by atoms with E-state index in [0.29, 0.717) is 6.04 Å². The Kier molecular flexibility index (Phi) is 4.13. The number of hydrogen-bond donors (Lipinski definition) is 1. The lowest BCUT2D eigenvalue weighted by molar-refractivity contribution is 0.154. The van der Waals surface area contributed by atoms with Gasteiger partial charge in [0.15, 0.2) is 0 Å². The lowest BCUT2D eigenvalue weighted by Gasteiger charge is -2.36. The van der Waals surface area contributed by atoms with Crippen LogP contribution >= 0.6 is 0 Å². The van der Waals surface area contributed by atoms with Crippen LogP contribution in [0.5, 0.6) is 0 Å². The summed E-state index contributed by atoms with van der Waals surface area (Å²) in [6, 6.07) is 7.71. The van der Waals surface area contributed by atoms with E-state index in [1.165, 1.54) is 12.8 Å². The molecule has 1 aromatic rings. The third kappa shape index (κ3) is 2.85. The number of nitrogens with one attached hydrogen (secondary N) is 1. The molecular weight excluding hydrogens is 215 g/mol. The Morgan fingerprint density at radius 2 is 2.18 bits per heavy atom.